The van der Waals surface area contributed by atoms with Crippen LogP contribution in [0.2, 0.25) is 5.02 Å². The molecular formula is C25H26ClN5O3. The minimum Gasteiger partial charge on any atom is -0.379 e. The van der Waals surface area contributed by atoms with E-state index in [1.54, 1.807) is 6.20 Å². The lowest BCUT2D eigenvalue weighted by atomic mass is 10.2. The van der Waals surface area contributed by atoms with Gasteiger partial charge in [-0.25, -0.2) is 4.68 Å². The van der Waals surface area contributed by atoms with Crippen molar-refractivity contribution in [2.75, 3.05) is 39.4 Å². The third-order valence-corrected chi connectivity index (χ3v) is 6.39. The molecule has 0 spiro atoms. The Labute approximate surface area is 201 Å². The highest BCUT2D eigenvalue weighted by Gasteiger charge is 2.17. The third-order valence-electron chi connectivity index (χ3n) is 6.15. The minimum absolute atomic E-state index is 0.128. The van der Waals surface area contributed by atoms with Gasteiger partial charge in [0.1, 0.15) is 12.1 Å². The van der Waals surface area contributed by atoms with Crippen LogP contribution in [-0.4, -0.2) is 64.5 Å². The molecule has 1 saturated heterocycles. The molecule has 1 amide bonds. The molecule has 9 heteroatoms. The summed E-state index contributed by atoms with van der Waals surface area (Å²) < 4.78 is 8.56. The molecule has 1 aliphatic heterocycles. The molecule has 2 aromatic heterocycles. The molecule has 8 nitrogen and oxygen atoms in total. The maximum absolute atomic E-state index is 13.5. The Balaban J connectivity index is 1.41. The number of hydrogen-bond acceptors (Lipinski definition) is 5. The van der Waals surface area contributed by atoms with Crippen LogP contribution in [0.4, 0.5) is 0 Å². The normalized spacial score (nSPS) is 14.6. The first-order valence-corrected chi connectivity index (χ1v) is 11.8. The van der Waals surface area contributed by atoms with Gasteiger partial charge in [0.25, 0.3) is 5.56 Å². The number of nitrogens with zero attached hydrogens (tertiary/aromatic N) is 4. The number of benzene rings is 2. The lowest BCUT2D eigenvalue weighted by Gasteiger charge is -2.26. The van der Waals surface area contributed by atoms with Crippen LogP contribution in [0, 0.1) is 0 Å². The Hall–Kier alpha value is -3.20. The van der Waals surface area contributed by atoms with Crippen molar-refractivity contribution in [2.24, 2.45) is 0 Å². The maximum atomic E-state index is 13.5. The van der Waals surface area contributed by atoms with E-state index in [0.29, 0.717) is 23.6 Å². The molecule has 34 heavy (non-hydrogen) atoms. The molecule has 1 N–H and O–H groups in total. The zero-order valence-electron chi connectivity index (χ0n) is 18.7. The number of morpholine rings is 1. The van der Waals surface area contributed by atoms with Gasteiger partial charge in [-0.2, -0.15) is 5.10 Å². The number of carbonyl (C=O) groups is 1. The predicted octanol–water partition coefficient (Wildman–Crippen LogP) is 2.50. The summed E-state index contributed by atoms with van der Waals surface area (Å²) in [5.41, 5.74) is 2.15. The molecule has 0 radical (unpaired) electrons. The molecule has 5 rings (SSSR count). The van der Waals surface area contributed by atoms with Gasteiger partial charge >= 0.3 is 0 Å². The van der Waals surface area contributed by atoms with Crippen LogP contribution < -0.4 is 10.9 Å². The monoisotopic (exact) mass is 479 g/mol. The second kappa shape index (κ2) is 9.97. The topological polar surface area (TPSA) is 81.4 Å². The second-order valence-corrected chi connectivity index (χ2v) is 8.84. The van der Waals surface area contributed by atoms with Crippen LogP contribution in [-0.2, 0) is 22.6 Å². The average molecular weight is 480 g/mol. The van der Waals surface area contributed by atoms with Gasteiger partial charge in [0.2, 0.25) is 5.91 Å². The molecule has 2 aromatic carbocycles. The van der Waals surface area contributed by atoms with Crippen molar-refractivity contribution in [2.45, 2.75) is 13.1 Å². The van der Waals surface area contributed by atoms with Crippen LogP contribution in [0.5, 0.6) is 0 Å². The van der Waals surface area contributed by atoms with Gasteiger partial charge in [-0.05, 0) is 23.8 Å². The Morgan fingerprint density at radius 2 is 1.91 bits per heavy atom. The first-order chi connectivity index (χ1) is 16.6. The van der Waals surface area contributed by atoms with Gasteiger partial charge < -0.3 is 14.6 Å². The SMILES string of the molecule is O=C(Cn1ncc2c3ccccc3n(Cc3cccc(Cl)c3)c2c1=O)NCCN1CCOCC1. The van der Waals surface area contributed by atoms with Crippen LogP contribution >= 0.6 is 11.6 Å². The first kappa shape index (κ1) is 22.6. The van der Waals surface area contributed by atoms with E-state index < -0.39 is 0 Å². The minimum atomic E-state index is -0.293. The summed E-state index contributed by atoms with van der Waals surface area (Å²) in [6.07, 6.45) is 1.68. The summed E-state index contributed by atoms with van der Waals surface area (Å²) in [4.78, 5) is 28.3. The van der Waals surface area contributed by atoms with E-state index in [1.807, 2.05) is 53.1 Å². The number of para-hydroxylation sites is 1. The van der Waals surface area contributed by atoms with Gasteiger partial charge in [-0.3, -0.25) is 14.5 Å². The number of halogens is 1. The molecule has 4 aromatic rings. The van der Waals surface area contributed by atoms with Gasteiger partial charge in [0, 0.05) is 54.0 Å². The molecule has 0 saturated carbocycles. The quantitative estimate of drug-likeness (QED) is 0.440. The molecule has 0 unspecified atom stereocenters. The summed E-state index contributed by atoms with van der Waals surface area (Å²) in [6.45, 7) is 4.80. The predicted molar refractivity (Wildman–Crippen MR) is 132 cm³/mol. The van der Waals surface area contributed by atoms with E-state index >= 15 is 0 Å². The summed E-state index contributed by atoms with van der Waals surface area (Å²) in [5.74, 6) is -0.236. The molecule has 1 fully saturated rings. The number of fused-ring (bicyclic) bond motifs is 3. The highest BCUT2D eigenvalue weighted by molar-refractivity contribution is 6.30. The lowest BCUT2D eigenvalue weighted by molar-refractivity contribution is -0.122. The first-order valence-electron chi connectivity index (χ1n) is 11.4. The zero-order chi connectivity index (χ0) is 23.5. The number of carbonyl (C=O) groups excluding carboxylic acids is 1. The Morgan fingerprint density at radius 1 is 1.09 bits per heavy atom. The van der Waals surface area contributed by atoms with E-state index in [9.17, 15) is 9.59 Å². The summed E-state index contributed by atoms with van der Waals surface area (Å²) >= 11 is 6.19. The zero-order valence-corrected chi connectivity index (χ0v) is 19.5. The molecule has 0 bridgehead atoms. The number of rotatable bonds is 7. The smallest absolute Gasteiger partial charge is 0.291 e. The molecule has 176 valence electrons. The van der Waals surface area contributed by atoms with Crippen LogP contribution in [0.1, 0.15) is 5.56 Å². The van der Waals surface area contributed by atoms with E-state index in [2.05, 4.69) is 15.3 Å². The fraction of sp³-hybridized carbons (Fsp3) is 0.320. The van der Waals surface area contributed by atoms with Crippen LogP contribution in [0.25, 0.3) is 21.8 Å². The van der Waals surface area contributed by atoms with Crippen molar-refractivity contribution >= 4 is 39.3 Å². The molecular weight excluding hydrogens is 454 g/mol. The molecule has 1 aliphatic rings. The van der Waals surface area contributed by atoms with Crippen molar-refractivity contribution in [1.29, 1.82) is 0 Å². The van der Waals surface area contributed by atoms with Crippen molar-refractivity contribution in [3.63, 3.8) is 0 Å². The number of amides is 1. The van der Waals surface area contributed by atoms with E-state index in [4.69, 9.17) is 16.3 Å². The largest absolute Gasteiger partial charge is 0.379 e. The maximum Gasteiger partial charge on any atom is 0.291 e. The average Bonchev–Trinajstić information content (AvgIpc) is 3.16. The third kappa shape index (κ3) is 4.70. The highest BCUT2D eigenvalue weighted by Crippen LogP contribution is 2.27. The fourth-order valence-electron chi connectivity index (χ4n) is 4.46. The van der Waals surface area contributed by atoms with Crippen LogP contribution in [0.3, 0.4) is 0 Å². The van der Waals surface area contributed by atoms with Crippen LogP contribution in [0.15, 0.2) is 59.5 Å². The number of nitrogens with one attached hydrogen (secondary N) is 1. The Bertz CT molecular complexity index is 1390. The highest BCUT2D eigenvalue weighted by atomic mass is 35.5. The molecule has 0 aliphatic carbocycles. The van der Waals surface area contributed by atoms with Crippen molar-refractivity contribution in [3.05, 3.63) is 75.7 Å². The van der Waals surface area contributed by atoms with Gasteiger partial charge in [-0.15, -0.1) is 0 Å². The van der Waals surface area contributed by atoms with Crippen molar-refractivity contribution < 1.29 is 9.53 Å². The standard InChI is InChI=1S/C25H26ClN5O3/c26-19-5-3-4-18(14-19)16-30-22-7-2-1-6-20(22)21-15-28-31(25(33)24(21)30)17-23(32)27-8-9-29-10-12-34-13-11-29/h1-7,14-15H,8-13,16-17H2,(H,27,32). The molecule has 0 atom stereocenters. The summed E-state index contributed by atoms with van der Waals surface area (Å²) in [6, 6.07) is 15.5. The van der Waals surface area contributed by atoms with E-state index in [0.717, 1.165) is 54.7 Å². The second-order valence-electron chi connectivity index (χ2n) is 8.41. The van der Waals surface area contributed by atoms with E-state index in [1.165, 1.54) is 4.68 Å². The Kier molecular flexibility index (Phi) is 6.62. The van der Waals surface area contributed by atoms with Crippen molar-refractivity contribution in [3.8, 4) is 0 Å². The van der Waals surface area contributed by atoms with Gasteiger partial charge in [-0.1, -0.05) is 41.9 Å². The number of aromatic nitrogens is 3. The molecule has 3 heterocycles. The Morgan fingerprint density at radius 3 is 2.74 bits per heavy atom. The van der Waals surface area contributed by atoms with Crippen molar-refractivity contribution in [1.82, 2.24) is 24.6 Å². The van der Waals surface area contributed by atoms with Gasteiger partial charge in [0.05, 0.1) is 19.4 Å². The summed E-state index contributed by atoms with van der Waals surface area (Å²) in [7, 11) is 0. The number of hydrogen-bond donors (Lipinski definition) is 1. The number of ether oxygens (including phenoxy) is 1. The van der Waals surface area contributed by atoms with Gasteiger partial charge in [0.15, 0.2) is 0 Å². The van der Waals surface area contributed by atoms with E-state index in [-0.39, 0.29) is 18.0 Å². The fourth-order valence-corrected chi connectivity index (χ4v) is 4.67. The lowest BCUT2D eigenvalue weighted by Crippen LogP contribution is -2.42. The summed E-state index contributed by atoms with van der Waals surface area (Å²) in [5, 5.41) is 9.57.